The number of carboxylic acid groups (broad SMARTS) is 1. The van der Waals surface area contributed by atoms with Gasteiger partial charge in [0.05, 0.1) is 0 Å². The molecule has 0 aromatic rings. The fourth-order valence-corrected chi connectivity index (χ4v) is 0.320. The van der Waals surface area contributed by atoms with Crippen LogP contribution >= 0.6 is 0 Å². The zero-order valence-corrected chi connectivity index (χ0v) is 13.4. The van der Waals surface area contributed by atoms with Gasteiger partial charge in [0.1, 0.15) is 5.60 Å². The van der Waals surface area contributed by atoms with Crippen LogP contribution < -0.4 is 74.0 Å². The summed E-state index contributed by atoms with van der Waals surface area (Å²) in [5, 5.41) is 9.79. The van der Waals surface area contributed by atoms with E-state index in [9.17, 15) is 14.7 Å². The summed E-state index contributed by atoms with van der Waals surface area (Å²) in [6.07, 6.45) is 0. The Labute approximate surface area is 124 Å². The van der Waals surface area contributed by atoms with Crippen LogP contribution in [0, 0.1) is 0 Å². The molecule has 0 bridgehead atoms. The molecule has 58 valence electrons. The average Bonchev–Trinajstić information content (AvgIpc) is 1.60. The van der Waals surface area contributed by atoms with Crippen LogP contribution in [0.15, 0.2) is 0 Å². The second-order valence-electron chi connectivity index (χ2n) is 2.79. The van der Waals surface area contributed by atoms with E-state index in [4.69, 9.17) is 0 Å². The second-order valence-corrected chi connectivity index (χ2v) is 2.79. The van der Waals surface area contributed by atoms with Crippen molar-refractivity contribution in [2.75, 3.05) is 0 Å². The summed E-state index contributed by atoms with van der Waals surface area (Å²) in [4.78, 5) is 20.1. The van der Waals surface area contributed by atoms with Gasteiger partial charge in [0.2, 0.25) is 0 Å². The van der Waals surface area contributed by atoms with E-state index >= 15 is 0 Å². The molecule has 0 aliphatic carbocycles. The van der Waals surface area contributed by atoms with Gasteiger partial charge in [0, 0.05) is 0 Å². The van der Waals surface area contributed by atoms with Gasteiger partial charge in [-0.2, -0.15) is 0 Å². The first kappa shape index (κ1) is 14.5. The van der Waals surface area contributed by atoms with Gasteiger partial charge in [-0.15, -0.1) is 0 Å². The van der Waals surface area contributed by atoms with Gasteiger partial charge in [-0.3, -0.25) is 0 Å². The minimum absolute atomic E-state index is 0. The Morgan fingerprint density at radius 3 is 1.73 bits per heavy atom. The van der Waals surface area contributed by atoms with Crippen molar-refractivity contribution in [1.29, 1.82) is 0 Å². The van der Waals surface area contributed by atoms with E-state index < -0.39 is 17.5 Å². The topological polar surface area (TPSA) is 66.4 Å². The largest absolute Gasteiger partial charge is 1.00 e. The number of carbonyl (C=O) groups excluding carboxylic acids is 2. The summed E-state index contributed by atoms with van der Waals surface area (Å²) >= 11 is 0. The van der Waals surface area contributed by atoms with Crippen molar-refractivity contribution in [2.24, 2.45) is 0 Å². The van der Waals surface area contributed by atoms with Crippen LogP contribution in [-0.2, 0) is 14.3 Å². The first-order valence-electron chi connectivity index (χ1n) is 2.77. The number of hydrogen-bond donors (Lipinski definition) is 0. The third kappa shape index (κ3) is 8.90. The molecule has 0 saturated carbocycles. The van der Waals surface area contributed by atoms with Crippen molar-refractivity contribution < 1.29 is 88.3 Å². The molecule has 0 aromatic heterocycles. The molecule has 0 unspecified atom stereocenters. The average molecular weight is 278 g/mol. The molecule has 0 aliphatic rings. The maximum atomic E-state index is 10.3. The Bertz CT molecular complexity index is 158. The molecule has 11 heavy (non-hydrogen) atoms. The van der Waals surface area contributed by atoms with E-state index in [2.05, 4.69) is 4.74 Å². The molecule has 0 N–H and O–H groups in total. The molecule has 4 nitrogen and oxygen atoms in total. The summed E-state index contributed by atoms with van der Waals surface area (Å²) in [5.41, 5.74) is -0.767. The van der Waals surface area contributed by atoms with Crippen LogP contribution in [0.5, 0.6) is 0 Å². The molecule has 0 aromatic carbocycles. The van der Waals surface area contributed by atoms with Gasteiger partial charge in [-0.25, -0.2) is 4.79 Å². The fourth-order valence-electron chi connectivity index (χ4n) is 0.320. The molecule has 5 heteroatoms. The third-order valence-electron chi connectivity index (χ3n) is 0.566. The molecule has 0 spiro atoms. The SMILES string of the molecule is CC(C)(C)OC(=O)C(=O)[O-].[Cs+]. The standard InChI is InChI=1S/C6H10O4.Cs/c1-6(2,3)10-5(9)4(7)8;/h1-3H3,(H,7,8);/q;+1/p-1. The van der Waals surface area contributed by atoms with Gasteiger partial charge in [0.25, 0.3) is 0 Å². The van der Waals surface area contributed by atoms with E-state index in [-0.39, 0.29) is 68.9 Å². The minimum atomic E-state index is -1.81. The van der Waals surface area contributed by atoms with Crippen molar-refractivity contribution in [1.82, 2.24) is 0 Å². The van der Waals surface area contributed by atoms with E-state index in [0.29, 0.717) is 0 Å². The first-order valence-corrected chi connectivity index (χ1v) is 2.77. The number of carboxylic acids is 1. The second kappa shape index (κ2) is 5.61. The summed E-state index contributed by atoms with van der Waals surface area (Å²) in [6.45, 7) is 4.73. The predicted octanol–water partition coefficient (Wildman–Crippen LogP) is -3.92. The Kier molecular flexibility index (Phi) is 7.40. The number of rotatable bonds is 0. The van der Waals surface area contributed by atoms with Crippen molar-refractivity contribution in [3.05, 3.63) is 0 Å². The molecule has 0 rings (SSSR count). The van der Waals surface area contributed by atoms with Gasteiger partial charge in [-0.05, 0) is 20.8 Å². The number of esters is 1. The van der Waals surface area contributed by atoms with Crippen molar-refractivity contribution in [2.45, 2.75) is 26.4 Å². The molecule has 0 radical (unpaired) electrons. The van der Waals surface area contributed by atoms with E-state index in [1.807, 2.05) is 0 Å². The Balaban J connectivity index is 0. The van der Waals surface area contributed by atoms with Crippen LogP contribution in [0.2, 0.25) is 0 Å². The number of aliphatic carboxylic acids is 1. The normalized spacial score (nSPS) is 9.73. The minimum Gasteiger partial charge on any atom is -0.539 e. The molecule has 0 saturated heterocycles. The Hall–Kier alpha value is 0.992. The van der Waals surface area contributed by atoms with Crippen LogP contribution in [0.25, 0.3) is 0 Å². The molecule has 0 heterocycles. The number of hydrogen-bond acceptors (Lipinski definition) is 4. The monoisotopic (exact) mass is 278 g/mol. The molecular weight excluding hydrogens is 269 g/mol. The summed E-state index contributed by atoms with van der Waals surface area (Å²) < 4.78 is 4.40. The van der Waals surface area contributed by atoms with Gasteiger partial charge in [-0.1, -0.05) is 0 Å². The first-order chi connectivity index (χ1) is 4.33. The molecule has 0 amide bonds. The van der Waals surface area contributed by atoms with Crippen molar-refractivity contribution >= 4 is 11.9 Å². The maximum Gasteiger partial charge on any atom is 1.00 e. The molecule has 0 atom stereocenters. The van der Waals surface area contributed by atoms with Gasteiger partial charge < -0.3 is 14.6 Å². The maximum absolute atomic E-state index is 10.3. The smallest absolute Gasteiger partial charge is 0.539 e. The quantitative estimate of drug-likeness (QED) is 0.335. The van der Waals surface area contributed by atoms with Gasteiger partial charge >= 0.3 is 74.9 Å². The predicted molar refractivity (Wildman–Crippen MR) is 30.9 cm³/mol. The van der Waals surface area contributed by atoms with Crippen LogP contribution in [0.1, 0.15) is 20.8 Å². The molecule has 0 fully saturated rings. The zero-order chi connectivity index (χ0) is 8.36. The van der Waals surface area contributed by atoms with E-state index in [1.165, 1.54) is 0 Å². The van der Waals surface area contributed by atoms with Crippen molar-refractivity contribution in [3.63, 3.8) is 0 Å². The Morgan fingerprint density at radius 2 is 1.64 bits per heavy atom. The fraction of sp³-hybridized carbons (Fsp3) is 0.667. The molecular formula is C6H9CsO4. The van der Waals surface area contributed by atoms with Gasteiger partial charge in [0.15, 0.2) is 5.97 Å². The van der Waals surface area contributed by atoms with Crippen molar-refractivity contribution in [3.8, 4) is 0 Å². The van der Waals surface area contributed by atoms with E-state index in [1.54, 1.807) is 20.8 Å². The van der Waals surface area contributed by atoms with Crippen LogP contribution in [0.3, 0.4) is 0 Å². The Morgan fingerprint density at radius 1 is 1.27 bits per heavy atom. The summed E-state index contributed by atoms with van der Waals surface area (Å²) in [7, 11) is 0. The number of ether oxygens (including phenoxy) is 1. The zero-order valence-electron chi connectivity index (χ0n) is 7.13. The number of carbonyl (C=O) groups is 2. The summed E-state index contributed by atoms with van der Waals surface area (Å²) in [5.74, 6) is -3.14. The van der Waals surface area contributed by atoms with Crippen LogP contribution in [-0.4, -0.2) is 17.5 Å². The molecule has 0 aliphatic heterocycles. The van der Waals surface area contributed by atoms with Crippen LogP contribution in [0.4, 0.5) is 0 Å². The summed E-state index contributed by atoms with van der Waals surface area (Å²) in [6, 6.07) is 0. The van der Waals surface area contributed by atoms with E-state index in [0.717, 1.165) is 0 Å². The third-order valence-corrected chi connectivity index (χ3v) is 0.566.